The van der Waals surface area contributed by atoms with Crippen molar-refractivity contribution in [1.82, 2.24) is 10.3 Å². The zero-order valence-corrected chi connectivity index (χ0v) is 12.8. The van der Waals surface area contributed by atoms with Gasteiger partial charge in [-0.3, -0.25) is 4.79 Å². The van der Waals surface area contributed by atoms with Crippen molar-refractivity contribution in [3.8, 4) is 0 Å². The molecule has 0 unspecified atom stereocenters. The van der Waals surface area contributed by atoms with Crippen LogP contribution in [0.3, 0.4) is 0 Å². The van der Waals surface area contributed by atoms with E-state index in [2.05, 4.69) is 10.3 Å². The Morgan fingerprint density at radius 3 is 2.95 bits per heavy atom. The maximum Gasteiger partial charge on any atom is 0.263 e. The second-order valence-corrected chi connectivity index (χ2v) is 6.44. The van der Waals surface area contributed by atoms with Gasteiger partial charge in [0.15, 0.2) is 0 Å². The van der Waals surface area contributed by atoms with Gasteiger partial charge >= 0.3 is 0 Å². The van der Waals surface area contributed by atoms with Gasteiger partial charge in [0.1, 0.15) is 9.47 Å². The van der Waals surface area contributed by atoms with Gasteiger partial charge in [0.05, 0.1) is 10.4 Å². The minimum absolute atomic E-state index is 0.194. The highest BCUT2D eigenvalue weighted by molar-refractivity contribution is 8.26. The van der Waals surface area contributed by atoms with Crippen LogP contribution in [0.2, 0.25) is 5.15 Å². The number of amides is 1. The summed E-state index contributed by atoms with van der Waals surface area (Å²) < 4.78 is 0.460. The summed E-state index contributed by atoms with van der Waals surface area (Å²) in [7, 11) is 0. The molecule has 1 aliphatic heterocycles. The monoisotopic (exact) mass is 320 g/mol. The number of nitrogens with one attached hydrogen (secondary N) is 1. The molecule has 6 heteroatoms. The molecule has 2 aromatic rings. The summed E-state index contributed by atoms with van der Waals surface area (Å²) in [6.45, 7) is 1.99. The van der Waals surface area contributed by atoms with Crippen LogP contribution < -0.4 is 5.32 Å². The Morgan fingerprint density at radius 1 is 1.45 bits per heavy atom. The van der Waals surface area contributed by atoms with E-state index >= 15 is 0 Å². The van der Waals surface area contributed by atoms with Crippen LogP contribution in [0.4, 0.5) is 0 Å². The summed E-state index contributed by atoms with van der Waals surface area (Å²) in [5, 5.41) is 3.95. The number of hydrogen-bond acceptors (Lipinski definition) is 4. The number of thioether (sulfide) groups is 1. The molecule has 0 atom stereocenters. The van der Waals surface area contributed by atoms with Crippen LogP contribution in [0.15, 0.2) is 29.2 Å². The topological polar surface area (TPSA) is 42.0 Å². The van der Waals surface area contributed by atoms with Crippen LogP contribution in [-0.2, 0) is 4.79 Å². The molecule has 1 saturated heterocycles. The molecule has 0 aliphatic carbocycles. The van der Waals surface area contributed by atoms with Crippen molar-refractivity contribution in [2.75, 3.05) is 0 Å². The molecule has 3 nitrogen and oxygen atoms in total. The number of aryl methyl sites for hydroxylation is 1. The van der Waals surface area contributed by atoms with Crippen LogP contribution in [0.25, 0.3) is 17.0 Å². The van der Waals surface area contributed by atoms with E-state index in [1.807, 2.05) is 31.2 Å². The number of thiocarbonyl (C=S) groups is 1. The first-order valence-electron chi connectivity index (χ1n) is 5.85. The molecule has 0 bridgehead atoms. The van der Waals surface area contributed by atoms with Gasteiger partial charge in [-0.15, -0.1) is 0 Å². The molecule has 1 fully saturated rings. The molecule has 1 aromatic carbocycles. The number of hydrogen-bond donors (Lipinski definition) is 1. The predicted octanol–water partition coefficient (Wildman–Crippen LogP) is 3.69. The van der Waals surface area contributed by atoms with Crippen LogP contribution in [0.5, 0.6) is 0 Å². The van der Waals surface area contributed by atoms with E-state index in [1.165, 1.54) is 11.8 Å². The Labute approximate surface area is 130 Å². The minimum atomic E-state index is -0.194. The molecule has 1 N–H and O–H groups in total. The van der Waals surface area contributed by atoms with Crippen LogP contribution >= 0.6 is 35.6 Å². The fraction of sp³-hybridized carbons (Fsp3) is 0.0714. The van der Waals surface area contributed by atoms with Crippen molar-refractivity contribution in [1.29, 1.82) is 0 Å². The Hall–Kier alpha value is -1.43. The number of carbonyl (C=O) groups is 1. The number of aromatic nitrogens is 1. The second-order valence-electron chi connectivity index (χ2n) is 4.37. The van der Waals surface area contributed by atoms with Crippen molar-refractivity contribution in [2.24, 2.45) is 0 Å². The van der Waals surface area contributed by atoms with E-state index < -0.39 is 0 Å². The van der Waals surface area contributed by atoms with Crippen molar-refractivity contribution < 1.29 is 4.79 Å². The standard InChI is InChI=1S/C14H9ClN2OS2/c1-7-3-2-4-8-5-9(12(15)16-11(7)8)6-10-13(18)17-14(19)20-10/h2-6H,1H3,(H,17,18,19)/b10-6-. The van der Waals surface area contributed by atoms with Crippen LogP contribution in [0.1, 0.15) is 11.1 Å². The predicted molar refractivity (Wildman–Crippen MR) is 87.8 cm³/mol. The molecule has 2 heterocycles. The molecular formula is C14H9ClN2OS2. The second kappa shape index (κ2) is 5.16. The number of carbonyl (C=O) groups excluding carboxylic acids is 1. The van der Waals surface area contributed by atoms with Crippen LogP contribution in [0, 0.1) is 6.92 Å². The lowest BCUT2D eigenvalue weighted by molar-refractivity contribution is -0.115. The van der Waals surface area contributed by atoms with Crippen LogP contribution in [-0.4, -0.2) is 15.2 Å². The van der Waals surface area contributed by atoms with Crippen molar-refractivity contribution in [3.05, 3.63) is 45.5 Å². The van der Waals surface area contributed by atoms with Crippen molar-refractivity contribution in [2.45, 2.75) is 6.92 Å². The van der Waals surface area contributed by atoms with Gasteiger partial charge in [-0.05, 0) is 24.6 Å². The number of para-hydroxylation sites is 1. The summed E-state index contributed by atoms with van der Waals surface area (Å²) in [5.74, 6) is -0.194. The summed E-state index contributed by atoms with van der Waals surface area (Å²) in [4.78, 5) is 16.6. The van der Waals surface area contributed by atoms with Gasteiger partial charge in [-0.1, -0.05) is 53.8 Å². The van der Waals surface area contributed by atoms with E-state index in [1.54, 1.807) is 6.08 Å². The maximum absolute atomic E-state index is 11.7. The Morgan fingerprint density at radius 2 is 2.25 bits per heavy atom. The smallest absolute Gasteiger partial charge is 0.263 e. The maximum atomic E-state index is 11.7. The summed E-state index contributed by atoms with van der Waals surface area (Å²) in [6.07, 6.45) is 1.72. The molecule has 20 heavy (non-hydrogen) atoms. The first kappa shape index (κ1) is 13.5. The Bertz CT molecular complexity index is 786. The normalized spacial score (nSPS) is 17.0. The van der Waals surface area contributed by atoms with Crippen molar-refractivity contribution >= 4 is 62.8 Å². The van der Waals surface area contributed by atoms with E-state index in [-0.39, 0.29) is 5.91 Å². The number of nitrogens with zero attached hydrogens (tertiary/aromatic N) is 1. The molecule has 0 radical (unpaired) electrons. The van der Waals surface area contributed by atoms with E-state index in [0.717, 1.165) is 16.5 Å². The third kappa shape index (κ3) is 2.44. The molecule has 3 rings (SSSR count). The number of rotatable bonds is 1. The molecule has 1 amide bonds. The van der Waals surface area contributed by atoms with Gasteiger partial charge in [0.2, 0.25) is 0 Å². The van der Waals surface area contributed by atoms with Gasteiger partial charge in [0.25, 0.3) is 5.91 Å². The Balaban J connectivity index is 2.13. The average molecular weight is 321 g/mol. The molecule has 1 aromatic heterocycles. The van der Waals surface area contributed by atoms with Crippen molar-refractivity contribution in [3.63, 3.8) is 0 Å². The lowest BCUT2D eigenvalue weighted by Gasteiger charge is -2.05. The highest BCUT2D eigenvalue weighted by Crippen LogP contribution is 2.29. The van der Waals surface area contributed by atoms with Gasteiger partial charge in [0, 0.05) is 10.9 Å². The quantitative estimate of drug-likeness (QED) is 0.494. The van der Waals surface area contributed by atoms with E-state index in [0.29, 0.717) is 19.9 Å². The molecule has 1 aliphatic rings. The van der Waals surface area contributed by atoms with E-state index in [4.69, 9.17) is 23.8 Å². The lowest BCUT2D eigenvalue weighted by atomic mass is 10.1. The zero-order valence-electron chi connectivity index (χ0n) is 10.4. The number of pyridine rings is 1. The van der Waals surface area contributed by atoms with Gasteiger partial charge in [-0.2, -0.15) is 0 Å². The highest BCUT2D eigenvalue weighted by atomic mass is 35.5. The molecule has 0 saturated carbocycles. The summed E-state index contributed by atoms with van der Waals surface area (Å²) >= 11 is 12.4. The third-order valence-corrected chi connectivity index (χ3v) is 4.42. The van der Waals surface area contributed by atoms with Gasteiger partial charge in [-0.25, -0.2) is 4.98 Å². The number of halogens is 1. The molecule has 100 valence electrons. The third-order valence-electron chi connectivity index (χ3n) is 2.96. The van der Waals surface area contributed by atoms with Gasteiger partial charge < -0.3 is 5.32 Å². The first-order chi connectivity index (χ1) is 9.54. The lowest BCUT2D eigenvalue weighted by Crippen LogP contribution is -2.17. The van der Waals surface area contributed by atoms with E-state index in [9.17, 15) is 4.79 Å². The summed E-state index contributed by atoms with van der Waals surface area (Å²) in [5.41, 5.74) is 2.66. The average Bonchev–Trinajstić information content (AvgIpc) is 2.70. The number of benzene rings is 1. The first-order valence-corrected chi connectivity index (χ1v) is 7.45. The molecular weight excluding hydrogens is 312 g/mol. The largest absolute Gasteiger partial charge is 0.307 e. The Kier molecular flexibility index (Phi) is 3.50. The minimum Gasteiger partial charge on any atom is -0.307 e. The fourth-order valence-corrected chi connectivity index (χ4v) is 3.23. The SMILES string of the molecule is Cc1cccc2cc(/C=C3\SC(=S)NC3=O)c(Cl)nc12. The highest BCUT2D eigenvalue weighted by Gasteiger charge is 2.22. The molecule has 0 spiro atoms. The summed E-state index contributed by atoms with van der Waals surface area (Å²) in [6, 6.07) is 7.86. The zero-order chi connectivity index (χ0) is 14.3. The fourth-order valence-electron chi connectivity index (χ4n) is 2.00. The number of fused-ring (bicyclic) bond motifs is 1.